The summed E-state index contributed by atoms with van der Waals surface area (Å²) in [6, 6.07) is 21.7. The Labute approximate surface area is 147 Å². The normalized spacial score (nSPS) is 16.0. The Morgan fingerprint density at radius 2 is 1.33 bits per heavy atom. The van der Waals surface area contributed by atoms with Gasteiger partial charge < -0.3 is 5.32 Å². The van der Waals surface area contributed by atoms with Gasteiger partial charge in [-0.3, -0.25) is 4.99 Å². The first-order chi connectivity index (χ1) is 11.4. The summed E-state index contributed by atoms with van der Waals surface area (Å²) in [6.07, 6.45) is 2.09. The molecule has 0 spiro atoms. The third kappa shape index (κ3) is 5.31. The molecule has 2 rings (SSSR count). The van der Waals surface area contributed by atoms with E-state index in [-0.39, 0.29) is 23.5 Å². The highest BCUT2D eigenvalue weighted by Gasteiger charge is 2.24. The first-order valence-corrected chi connectivity index (χ1v) is 8.77. The number of nitrogens with zero attached hydrogens (tertiary/aromatic N) is 1. The van der Waals surface area contributed by atoms with E-state index in [1.165, 1.54) is 11.1 Å². The fourth-order valence-corrected chi connectivity index (χ4v) is 2.66. The lowest BCUT2D eigenvalue weighted by atomic mass is 9.86. The second-order valence-corrected chi connectivity index (χ2v) is 7.53. The van der Waals surface area contributed by atoms with Crippen LogP contribution in [-0.2, 0) is 0 Å². The van der Waals surface area contributed by atoms with Crippen molar-refractivity contribution in [2.24, 2.45) is 10.4 Å². The van der Waals surface area contributed by atoms with Crippen molar-refractivity contribution >= 4 is 6.21 Å². The van der Waals surface area contributed by atoms with E-state index in [1.807, 2.05) is 6.07 Å². The van der Waals surface area contributed by atoms with Gasteiger partial charge in [-0.15, -0.1) is 0 Å². The fourth-order valence-electron chi connectivity index (χ4n) is 2.66. The monoisotopic (exact) mass is 322 g/mol. The van der Waals surface area contributed by atoms with Gasteiger partial charge in [0, 0.05) is 18.3 Å². The predicted octanol–water partition coefficient (Wildman–Crippen LogP) is 5.58. The van der Waals surface area contributed by atoms with E-state index in [1.54, 1.807) is 0 Å². The molecule has 2 aromatic rings. The Morgan fingerprint density at radius 1 is 0.833 bits per heavy atom. The summed E-state index contributed by atoms with van der Waals surface area (Å²) in [5, 5.41) is 3.73. The van der Waals surface area contributed by atoms with E-state index in [9.17, 15) is 0 Å². The molecule has 0 radical (unpaired) electrons. The summed E-state index contributed by atoms with van der Waals surface area (Å²) in [7, 11) is 0. The van der Waals surface area contributed by atoms with Crippen LogP contribution < -0.4 is 5.32 Å². The minimum Gasteiger partial charge on any atom is -0.302 e. The molecule has 0 aliphatic rings. The van der Waals surface area contributed by atoms with E-state index >= 15 is 0 Å². The van der Waals surface area contributed by atoms with Gasteiger partial charge >= 0.3 is 0 Å². The van der Waals surface area contributed by atoms with Gasteiger partial charge in [-0.25, -0.2) is 0 Å². The Bertz CT molecular complexity index is 626. The highest BCUT2D eigenvalue weighted by molar-refractivity contribution is 5.66. The molecule has 0 aromatic heterocycles. The second-order valence-electron chi connectivity index (χ2n) is 7.53. The first kappa shape index (κ1) is 18.4. The molecule has 1 unspecified atom stereocenters. The van der Waals surface area contributed by atoms with Gasteiger partial charge in [0.1, 0.15) is 0 Å². The minimum absolute atomic E-state index is 0.100. The number of benzene rings is 2. The molecule has 0 saturated heterocycles. The summed E-state index contributed by atoms with van der Waals surface area (Å²) in [5.74, 6) is 0. The molecule has 0 aliphatic carbocycles. The SMILES string of the molecule is C[C@H](N=CC(N[C@@H](C)c1ccccc1)C(C)(C)C)c1ccccc1. The van der Waals surface area contributed by atoms with Crippen LogP contribution in [0.3, 0.4) is 0 Å². The van der Waals surface area contributed by atoms with Gasteiger partial charge in [-0.2, -0.15) is 0 Å². The van der Waals surface area contributed by atoms with Crippen LogP contribution in [0.2, 0.25) is 0 Å². The predicted molar refractivity (Wildman–Crippen MR) is 105 cm³/mol. The van der Waals surface area contributed by atoms with E-state index < -0.39 is 0 Å². The molecule has 0 fully saturated rings. The summed E-state index contributed by atoms with van der Waals surface area (Å²) >= 11 is 0. The molecule has 2 nitrogen and oxygen atoms in total. The third-order valence-corrected chi connectivity index (χ3v) is 4.40. The molecule has 0 amide bonds. The van der Waals surface area contributed by atoms with Gasteiger partial charge in [0.2, 0.25) is 0 Å². The minimum atomic E-state index is 0.100. The van der Waals surface area contributed by atoms with Crippen LogP contribution in [0.15, 0.2) is 65.7 Å². The molecule has 0 aliphatic heterocycles. The van der Waals surface area contributed by atoms with Gasteiger partial charge in [0.05, 0.1) is 6.04 Å². The van der Waals surface area contributed by atoms with Crippen molar-refractivity contribution in [2.75, 3.05) is 0 Å². The first-order valence-electron chi connectivity index (χ1n) is 8.77. The zero-order valence-corrected chi connectivity index (χ0v) is 15.5. The van der Waals surface area contributed by atoms with Gasteiger partial charge in [-0.05, 0) is 30.4 Å². The second kappa shape index (κ2) is 8.25. The van der Waals surface area contributed by atoms with Gasteiger partial charge in [-0.1, -0.05) is 81.4 Å². The fraction of sp³-hybridized carbons (Fsp3) is 0.409. The number of aliphatic imine (C=N–C) groups is 1. The zero-order valence-electron chi connectivity index (χ0n) is 15.5. The lowest BCUT2D eigenvalue weighted by molar-refractivity contribution is 0.314. The van der Waals surface area contributed by atoms with Crippen molar-refractivity contribution in [1.82, 2.24) is 5.32 Å². The number of hydrogen-bond acceptors (Lipinski definition) is 2. The zero-order chi connectivity index (χ0) is 17.6. The van der Waals surface area contributed by atoms with E-state index in [0.717, 1.165) is 0 Å². The standard InChI is InChI=1S/C22H30N2/c1-17(19-12-8-6-9-13-19)23-16-21(22(3,4)5)24-18(2)20-14-10-7-11-15-20/h6-18,21,24H,1-5H3/t17-,18-,21?/m0/s1. The summed E-state index contributed by atoms with van der Waals surface area (Å²) in [6.45, 7) is 11.1. The summed E-state index contributed by atoms with van der Waals surface area (Å²) in [4.78, 5) is 4.82. The van der Waals surface area contributed by atoms with Crippen LogP contribution >= 0.6 is 0 Å². The Balaban J connectivity index is 2.10. The molecule has 2 aromatic carbocycles. The summed E-state index contributed by atoms with van der Waals surface area (Å²) < 4.78 is 0. The van der Waals surface area contributed by atoms with Crippen molar-refractivity contribution in [3.8, 4) is 0 Å². The maximum absolute atomic E-state index is 4.82. The molecule has 24 heavy (non-hydrogen) atoms. The number of rotatable bonds is 6. The quantitative estimate of drug-likeness (QED) is 0.689. The average molecular weight is 322 g/mol. The Kier molecular flexibility index (Phi) is 6.33. The largest absolute Gasteiger partial charge is 0.302 e. The molecule has 128 valence electrons. The maximum Gasteiger partial charge on any atom is 0.0717 e. The van der Waals surface area contributed by atoms with Gasteiger partial charge in [0.25, 0.3) is 0 Å². The van der Waals surface area contributed by atoms with Crippen LogP contribution in [0.1, 0.15) is 57.8 Å². The summed E-state index contributed by atoms with van der Waals surface area (Å²) in [5.41, 5.74) is 2.65. The number of nitrogens with one attached hydrogen (secondary N) is 1. The van der Waals surface area contributed by atoms with Crippen molar-refractivity contribution in [3.05, 3.63) is 71.8 Å². The molecule has 0 bridgehead atoms. The van der Waals surface area contributed by atoms with Crippen LogP contribution in [0.4, 0.5) is 0 Å². The third-order valence-electron chi connectivity index (χ3n) is 4.40. The van der Waals surface area contributed by atoms with Crippen molar-refractivity contribution < 1.29 is 0 Å². The Morgan fingerprint density at radius 3 is 1.83 bits per heavy atom. The highest BCUT2D eigenvalue weighted by Crippen LogP contribution is 2.23. The van der Waals surface area contributed by atoms with E-state index in [2.05, 4.69) is 101 Å². The van der Waals surface area contributed by atoms with Crippen molar-refractivity contribution in [1.29, 1.82) is 0 Å². The molecular weight excluding hydrogens is 292 g/mol. The van der Waals surface area contributed by atoms with Gasteiger partial charge in [0.15, 0.2) is 0 Å². The lowest BCUT2D eigenvalue weighted by Crippen LogP contribution is -2.43. The van der Waals surface area contributed by atoms with E-state index in [4.69, 9.17) is 4.99 Å². The molecule has 1 N–H and O–H groups in total. The molecular formula is C22H30N2. The van der Waals surface area contributed by atoms with Crippen LogP contribution in [0, 0.1) is 5.41 Å². The van der Waals surface area contributed by atoms with E-state index in [0.29, 0.717) is 0 Å². The topological polar surface area (TPSA) is 24.4 Å². The maximum atomic E-state index is 4.82. The Hall–Kier alpha value is -1.93. The molecule has 0 heterocycles. The molecule has 2 heteroatoms. The lowest BCUT2D eigenvalue weighted by Gasteiger charge is -2.31. The van der Waals surface area contributed by atoms with Crippen LogP contribution in [0.25, 0.3) is 0 Å². The highest BCUT2D eigenvalue weighted by atomic mass is 15.0. The molecule has 3 atom stereocenters. The van der Waals surface area contributed by atoms with Crippen molar-refractivity contribution in [2.45, 2.75) is 52.7 Å². The molecule has 0 saturated carbocycles. The smallest absolute Gasteiger partial charge is 0.0717 e. The van der Waals surface area contributed by atoms with Crippen LogP contribution in [-0.4, -0.2) is 12.3 Å². The number of hydrogen-bond donors (Lipinski definition) is 1. The van der Waals surface area contributed by atoms with Crippen LogP contribution in [0.5, 0.6) is 0 Å². The average Bonchev–Trinajstić information content (AvgIpc) is 2.58. The van der Waals surface area contributed by atoms with Crippen molar-refractivity contribution in [3.63, 3.8) is 0 Å².